The number of nitrogens with one attached hydrogen (secondary N) is 2. The van der Waals surface area contributed by atoms with Gasteiger partial charge in [-0.15, -0.1) is 5.10 Å². The van der Waals surface area contributed by atoms with Crippen LogP contribution in [0.4, 0.5) is 30.6 Å². The summed E-state index contributed by atoms with van der Waals surface area (Å²) in [7, 11) is 0. The molecule has 2 heterocycles. The summed E-state index contributed by atoms with van der Waals surface area (Å²) in [6.07, 6.45) is 0.0988. The third kappa shape index (κ3) is 4.40. The maximum absolute atomic E-state index is 13.0. The third-order valence-electron chi connectivity index (χ3n) is 3.25. The summed E-state index contributed by atoms with van der Waals surface area (Å²) in [5, 5.41) is 13.2. The number of anilines is 3. The Bertz CT molecular complexity index is 839. The number of hydrogen-bond donors (Lipinski definition) is 2. The molecule has 2 N–H and O–H groups in total. The minimum atomic E-state index is -4.47. The predicted octanol–water partition coefficient (Wildman–Crippen LogP) is 3.64. The fourth-order valence-electron chi connectivity index (χ4n) is 2.10. The molecule has 3 rings (SSSR count). The highest BCUT2D eigenvalue weighted by Gasteiger charge is 2.33. The van der Waals surface area contributed by atoms with Crippen molar-refractivity contribution in [1.82, 2.24) is 20.2 Å². The maximum Gasteiger partial charge on any atom is 0.418 e. The Morgan fingerprint density at radius 1 is 1.00 bits per heavy atom. The molecule has 0 saturated carbocycles. The van der Waals surface area contributed by atoms with Crippen molar-refractivity contribution in [1.29, 1.82) is 0 Å². The van der Waals surface area contributed by atoms with Crippen LogP contribution in [0.25, 0.3) is 0 Å². The summed E-state index contributed by atoms with van der Waals surface area (Å²) >= 11 is 0. The second-order valence-electron chi connectivity index (χ2n) is 5.04. The molecule has 128 valence electrons. The van der Waals surface area contributed by atoms with Gasteiger partial charge in [-0.2, -0.15) is 23.3 Å². The predicted molar refractivity (Wildman–Crippen MR) is 86.1 cm³/mol. The monoisotopic (exact) mass is 346 g/mol. The molecule has 6 nitrogen and oxygen atoms in total. The Labute approximate surface area is 141 Å². The summed E-state index contributed by atoms with van der Waals surface area (Å²) < 4.78 is 39.1. The lowest BCUT2D eigenvalue weighted by atomic mass is 10.1. The molecule has 0 unspecified atom stereocenters. The number of rotatable bonds is 5. The first-order chi connectivity index (χ1) is 12.0. The van der Waals surface area contributed by atoms with Crippen molar-refractivity contribution in [2.24, 2.45) is 0 Å². The number of nitrogens with zero attached hydrogens (tertiary/aromatic N) is 4. The van der Waals surface area contributed by atoms with Crippen molar-refractivity contribution in [3.8, 4) is 0 Å². The van der Waals surface area contributed by atoms with E-state index in [0.29, 0.717) is 6.54 Å². The lowest BCUT2D eigenvalue weighted by Gasteiger charge is -2.14. The standard InChI is InChI=1S/C16H13F3N6/c17-16(18,19)12-3-1-2-4-13(12)23-14-10-22-25-15(24-14)21-9-11-5-7-20-8-6-11/h1-8,10H,9H2,(H2,21,23,24,25). The summed E-state index contributed by atoms with van der Waals surface area (Å²) in [5.41, 5.74) is 0.0786. The molecule has 0 amide bonds. The lowest BCUT2D eigenvalue weighted by Crippen LogP contribution is -2.10. The van der Waals surface area contributed by atoms with Gasteiger partial charge in [0.25, 0.3) is 0 Å². The van der Waals surface area contributed by atoms with Gasteiger partial charge in [-0.05, 0) is 29.8 Å². The maximum atomic E-state index is 13.0. The van der Waals surface area contributed by atoms with Crippen molar-refractivity contribution >= 4 is 17.5 Å². The van der Waals surface area contributed by atoms with Crippen LogP contribution in [0.5, 0.6) is 0 Å². The SMILES string of the molecule is FC(F)(F)c1ccccc1Nc1cnnc(NCc2ccncc2)n1. The average Bonchev–Trinajstić information content (AvgIpc) is 2.61. The molecule has 1 aromatic carbocycles. The minimum absolute atomic E-state index is 0.101. The van der Waals surface area contributed by atoms with Gasteiger partial charge in [-0.3, -0.25) is 4.98 Å². The van der Waals surface area contributed by atoms with Crippen LogP contribution < -0.4 is 10.6 Å². The molecule has 0 aliphatic heterocycles. The van der Waals surface area contributed by atoms with Crippen molar-refractivity contribution in [3.05, 3.63) is 66.1 Å². The fourth-order valence-corrected chi connectivity index (χ4v) is 2.10. The Hall–Kier alpha value is -3.23. The van der Waals surface area contributed by atoms with E-state index in [0.717, 1.165) is 11.6 Å². The average molecular weight is 346 g/mol. The first kappa shape index (κ1) is 16.6. The number of aromatic nitrogens is 4. The van der Waals surface area contributed by atoms with Gasteiger partial charge in [0.1, 0.15) is 0 Å². The van der Waals surface area contributed by atoms with Gasteiger partial charge in [-0.1, -0.05) is 12.1 Å². The van der Waals surface area contributed by atoms with Gasteiger partial charge >= 0.3 is 6.18 Å². The molecular formula is C16H13F3N6. The fraction of sp³-hybridized carbons (Fsp3) is 0.125. The van der Waals surface area contributed by atoms with Gasteiger partial charge in [0.2, 0.25) is 5.95 Å². The van der Waals surface area contributed by atoms with Gasteiger partial charge in [0, 0.05) is 18.9 Å². The molecule has 0 fully saturated rings. The van der Waals surface area contributed by atoms with Crippen LogP contribution >= 0.6 is 0 Å². The third-order valence-corrected chi connectivity index (χ3v) is 3.25. The van der Waals surface area contributed by atoms with E-state index in [2.05, 4.69) is 30.8 Å². The van der Waals surface area contributed by atoms with E-state index in [4.69, 9.17) is 0 Å². The van der Waals surface area contributed by atoms with Gasteiger partial charge in [-0.25, -0.2) is 0 Å². The Kier molecular flexibility index (Phi) is 4.73. The quantitative estimate of drug-likeness (QED) is 0.735. The van der Waals surface area contributed by atoms with Crippen LogP contribution in [0.2, 0.25) is 0 Å². The van der Waals surface area contributed by atoms with Crippen LogP contribution in [0, 0.1) is 0 Å². The largest absolute Gasteiger partial charge is 0.418 e. The molecule has 9 heteroatoms. The Morgan fingerprint density at radius 3 is 2.52 bits per heavy atom. The van der Waals surface area contributed by atoms with E-state index in [-0.39, 0.29) is 17.5 Å². The van der Waals surface area contributed by atoms with Crippen molar-refractivity contribution < 1.29 is 13.2 Å². The highest BCUT2D eigenvalue weighted by molar-refractivity contribution is 5.61. The van der Waals surface area contributed by atoms with Crippen LogP contribution in [0.1, 0.15) is 11.1 Å². The summed E-state index contributed by atoms with van der Waals surface area (Å²) in [4.78, 5) is 8.04. The normalized spacial score (nSPS) is 11.2. The zero-order valence-electron chi connectivity index (χ0n) is 12.8. The highest BCUT2D eigenvalue weighted by atomic mass is 19.4. The van der Waals surface area contributed by atoms with Crippen LogP contribution in [0.15, 0.2) is 55.0 Å². The Morgan fingerprint density at radius 2 is 1.76 bits per heavy atom. The topological polar surface area (TPSA) is 75.6 Å². The number of pyridine rings is 1. The number of alkyl halides is 3. The molecule has 0 aliphatic carbocycles. The molecule has 0 atom stereocenters. The molecule has 0 radical (unpaired) electrons. The van der Waals surface area contributed by atoms with Gasteiger partial charge in [0.05, 0.1) is 17.4 Å². The van der Waals surface area contributed by atoms with Crippen LogP contribution in [-0.4, -0.2) is 20.2 Å². The molecule has 0 aliphatic rings. The van der Waals surface area contributed by atoms with Crippen LogP contribution in [-0.2, 0) is 12.7 Å². The van der Waals surface area contributed by atoms with E-state index in [1.165, 1.54) is 24.4 Å². The van der Waals surface area contributed by atoms with Crippen molar-refractivity contribution in [2.75, 3.05) is 10.6 Å². The molecule has 0 spiro atoms. The molecule has 0 saturated heterocycles. The second kappa shape index (κ2) is 7.12. The van der Waals surface area contributed by atoms with E-state index < -0.39 is 11.7 Å². The van der Waals surface area contributed by atoms with Crippen LogP contribution in [0.3, 0.4) is 0 Å². The molecule has 25 heavy (non-hydrogen) atoms. The number of para-hydroxylation sites is 1. The number of halogens is 3. The second-order valence-corrected chi connectivity index (χ2v) is 5.04. The molecule has 2 aromatic heterocycles. The number of hydrogen-bond acceptors (Lipinski definition) is 6. The summed E-state index contributed by atoms with van der Waals surface area (Å²) in [6, 6.07) is 8.81. The summed E-state index contributed by atoms with van der Waals surface area (Å²) in [5.74, 6) is 0.357. The van der Waals surface area contributed by atoms with E-state index >= 15 is 0 Å². The van der Waals surface area contributed by atoms with E-state index in [9.17, 15) is 13.2 Å². The molecule has 3 aromatic rings. The zero-order chi connectivity index (χ0) is 17.7. The highest BCUT2D eigenvalue weighted by Crippen LogP contribution is 2.35. The zero-order valence-corrected chi connectivity index (χ0v) is 12.8. The minimum Gasteiger partial charge on any atom is -0.349 e. The van der Waals surface area contributed by atoms with Gasteiger partial charge in [0.15, 0.2) is 5.82 Å². The summed E-state index contributed by atoms with van der Waals surface area (Å²) in [6.45, 7) is 0.437. The number of benzene rings is 1. The molecular weight excluding hydrogens is 333 g/mol. The Balaban J connectivity index is 1.74. The van der Waals surface area contributed by atoms with Gasteiger partial charge < -0.3 is 10.6 Å². The molecule has 0 bridgehead atoms. The first-order valence-corrected chi connectivity index (χ1v) is 7.28. The van der Waals surface area contributed by atoms with Crippen molar-refractivity contribution in [3.63, 3.8) is 0 Å². The van der Waals surface area contributed by atoms with Crippen molar-refractivity contribution in [2.45, 2.75) is 12.7 Å². The first-order valence-electron chi connectivity index (χ1n) is 7.28. The smallest absolute Gasteiger partial charge is 0.349 e. The van der Waals surface area contributed by atoms with E-state index in [1.54, 1.807) is 12.4 Å². The lowest BCUT2D eigenvalue weighted by molar-refractivity contribution is -0.136. The van der Waals surface area contributed by atoms with E-state index in [1.807, 2.05) is 12.1 Å².